The van der Waals surface area contributed by atoms with Crippen LogP contribution >= 0.6 is 0 Å². The van der Waals surface area contributed by atoms with Gasteiger partial charge in [-0.25, -0.2) is 4.39 Å². The van der Waals surface area contributed by atoms with Crippen LogP contribution in [0.15, 0.2) is 48.5 Å². The minimum Gasteiger partial charge on any atom is -0.325 e. The molecule has 0 spiro atoms. The molecule has 0 saturated heterocycles. The Morgan fingerprint density at radius 3 is 2.15 bits per heavy atom. The number of rotatable bonds is 7. The van der Waals surface area contributed by atoms with Crippen molar-refractivity contribution in [1.82, 2.24) is 4.90 Å². The first-order valence-corrected chi connectivity index (χ1v) is 8.48. The molecule has 0 bridgehead atoms. The van der Waals surface area contributed by atoms with Crippen LogP contribution < -0.4 is 10.6 Å². The van der Waals surface area contributed by atoms with E-state index in [4.69, 9.17) is 0 Å². The number of para-hydroxylation sites is 1. The highest BCUT2D eigenvalue weighted by Gasteiger charge is 2.13. The van der Waals surface area contributed by atoms with Crippen molar-refractivity contribution in [3.63, 3.8) is 0 Å². The summed E-state index contributed by atoms with van der Waals surface area (Å²) in [7, 11) is 1.69. The summed E-state index contributed by atoms with van der Waals surface area (Å²) in [4.78, 5) is 25.9. The second-order valence-electron chi connectivity index (χ2n) is 6.52. The molecule has 2 N–H and O–H groups in total. The van der Waals surface area contributed by atoms with E-state index in [2.05, 4.69) is 24.5 Å². The summed E-state index contributed by atoms with van der Waals surface area (Å²) in [5.41, 5.74) is 2.37. The van der Waals surface area contributed by atoms with E-state index in [-0.39, 0.29) is 30.7 Å². The molecule has 6 heteroatoms. The molecule has 0 aliphatic rings. The van der Waals surface area contributed by atoms with E-state index >= 15 is 0 Å². The van der Waals surface area contributed by atoms with Crippen LogP contribution in [0.25, 0.3) is 0 Å². The molecular weight excluding hydrogens is 333 g/mol. The third-order valence-corrected chi connectivity index (χ3v) is 3.81. The van der Waals surface area contributed by atoms with Gasteiger partial charge in [-0.2, -0.15) is 0 Å². The predicted molar refractivity (Wildman–Crippen MR) is 102 cm³/mol. The third-order valence-electron chi connectivity index (χ3n) is 3.81. The number of carbonyl (C=O) groups excluding carboxylic acids is 2. The van der Waals surface area contributed by atoms with Gasteiger partial charge in [0, 0.05) is 11.4 Å². The monoisotopic (exact) mass is 357 g/mol. The Kier molecular flexibility index (Phi) is 6.86. The number of benzene rings is 2. The lowest BCUT2D eigenvalue weighted by molar-refractivity contribution is -0.119. The molecule has 0 radical (unpaired) electrons. The molecule has 0 unspecified atom stereocenters. The van der Waals surface area contributed by atoms with E-state index < -0.39 is 0 Å². The Labute approximate surface area is 153 Å². The summed E-state index contributed by atoms with van der Waals surface area (Å²) >= 11 is 0. The molecule has 0 atom stereocenters. The van der Waals surface area contributed by atoms with Crippen molar-refractivity contribution in [2.24, 2.45) is 0 Å². The molecular formula is C20H24FN3O2. The van der Waals surface area contributed by atoms with Crippen LogP contribution in [0, 0.1) is 5.82 Å². The molecule has 5 nitrogen and oxygen atoms in total. The van der Waals surface area contributed by atoms with Gasteiger partial charge in [-0.3, -0.25) is 14.5 Å². The Bertz CT molecular complexity index is 760. The van der Waals surface area contributed by atoms with Gasteiger partial charge in [0.25, 0.3) is 0 Å². The third kappa shape index (κ3) is 5.97. The van der Waals surface area contributed by atoms with Crippen LogP contribution in [0.4, 0.5) is 15.8 Å². The number of likely N-dealkylation sites (N-methyl/N-ethyl adjacent to an activating group) is 1. The maximum Gasteiger partial charge on any atom is 0.238 e. The SMILES string of the molecule is CC(C)c1ccccc1NC(=O)CN(C)CC(=O)Nc1ccc(F)cc1. The number of nitrogens with zero attached hydrogens (tertiary/aromatic N) is 1. The minimum absolute atomic E-state index is 0.0522. The molecule has 2 rings (SSSR count). The Morgan fingerprint density at radius 1 is 0.962 bits per heavy atom. The topological polar surface area (TPSA) is 61.4 Å². The summed E-state index contributed by atoms with van der Waals surface area (Å²) < 4.78 is 12.9. The first-order chi connectivity index (χ1) is 12.3. The number of amides is 2. The zero-order chi connectivity index (χ0) is 19.1. The molecule has 0 heterocycles. The quantitative estimate of drug-likeness (QED) is 0.798. The molecule has 2 amide bonds. The van der Waals surface area contributed by atoms with Crippen molar-refractivity contribution < 1.29 is 14.0 Å². The van der Waals surface area contributed by atoms with Gasteiger partial charge in [0.1, 0.15) is 5.82 Å². The smallest absolute Gasteiger partial charge is 0.238 e. The van der Waals surface area contributed by atoms with Gasteiger partial charge in [0.05, 0.1) is 13.1 Å². The molecule has 26 heavy (non-hydrogen) atoms. The molecule has 138 valence electrons. The van der Waals surface area contributed by atoms with Crippen LogP contribution in [0.1, 0.15) is 25.3 Å². The van der Waals surface area contributed by atoms with Gasteiger partial charge < -0.3 is 10.6 Å². The largest absolute Gasteiger partial charge is 0.325 e. The Morgan fingerprint density at radius 2 is 1.54 bits per heavy atom. The maximum absolute atomic E-state index is 12.9. The van der Waals surface area contributed by atoms with E-state index in [0.717, 1.165) is 11.3 Å². The highest BCUT2D eigenvalue weighted by Crippen LogP contribution is 2.23. The van der Waals surface area contributed by atoms with Crippen molar-refractivity contribution in [2.45, 2.75) is 19.8 Å². The van der Waals surface area contributed by atoms with Gasteiger partial charge in [-0.05, 0) is 48.9 Å². The highest BCUT2D eigenvalue weighted by molar-refractivity contribution is 5.95. The van der Waals surface area contributed by atoms with Crippen LogP contribution in [-0.2, 0) is 9.59 Å². The Balaban J connectivity index is 1.85. The van der Waals surface area contributed by atoms with Gasteiger partial charge in [0.15, 0.2) is 0 Å². The normalized spacial score (nSPS) is 10.8. The average molecular weight is 357 g/mol. The highest BCUT2D eigenvalue weighted by atomic mass is 19.1. The van der Waals surface area contributed by atoms with Gasteiger partial charge in [0.2, 0.25) is 11.8 Å². The summed E-state index contributed by atoms with van der Waals surface area (Å²) in [5.74, 6) is -0.520. The second kappa shape index (κ2) is 9.10. The summed E-state index contributed by atoms with van der Waals surface area (Å²) in [5, 5.41) is 5.57. The number of carbonyl (C=O) groups is 2. The fourth-order valence-corrected chi connectivity index (χ4v) is 2.58. The fraction of sp³-hybridized carbons (Fsp3) is 0.300. The van der Waals surface area contributed by atoms with Crippen LogP contribution in [0.2, 0.25) is 0 Å². The minimum atomic E-state index is -0.363. The lowest BCUT2D eigenvalue weighted by atomic mass is 10.0. The van der Waals surface area contributed by atoms with Crippen molar-refractivity contribution in [1.29, 1.82) is 0 Å². The maximum atomic E-state index is 12.9. The van der Waals surface area contributed by atoms with Crippen molar-refractivity contribution in [3.8, 4) is 0 Å². The number of halogens is 1. The molecule has 0 aliphatic heterocycles. The standard InChI is InChI=1S/C20H24FN3O2/c1-14(2)17-6-4-5-7-18(17)23-20(26)13-24(3)12-19(25)22-16-10-8-15(21)9-11-16/h4-11,14H,12-13H2,1-3H3,(H,22,25)(H,23,26). The van der Waals surface area contributed by atoms with Crippen LogP contribution in [0.3, 0.4) is 0 Å². The molecule has 2 aromatic rings. The number of anilines is 2. The molecule has 0 aromatic heterocycles. The summed E-state index contributed by atoms with van der Waals surface area (Å²) in [6.07, 6.45) is 0. The van der Waals surface area contributed by atoms with E-state index in [1.54, 1.807) is 11.9 Å². The number of hydrogen-bond acceptors (Lipinski definition) is 3. The molecule has 0 fully saturated rings. The van der Waals surface area contributed by atoms with E-state index in [0.29, 0.717) is 11.6 Å². The Hall–Kier alpha value is -2.73. The predicted octanol–water partition coefficient (Wildman–Crippen LogP) is 3.46. The van der Waals surface area contributed by atoms with Crippen molar-refractivity contribution in [3.05, 3.63) is 59.9 Å². The number of nitrogens with one attached hydrogen (secondary N) is 2. The van der Waals surface area contributed by atoms with Crippen molar-refractivity contribution in [2.75, 3.05) is 30.8 Å². The lowest BCUT2D eigenvalue weighted by Gasteiger charge is -2.18. The first-order valence-electron chi connectivity index (χ1n) is 8.48. The van der Waals surface area contributed by atoms with Crippen LogP contribution in [0.5, 0.6) is 0 Å². The second-order valence-corrected chi connectivity index (χ2v) is 6.52. The van der Waals surface area contributed by atoms with Crippen molar-refractivity contribution >= 4 is 23.2 Å². The van der Waals surface area contributed by atoms with E-state index in [1.165, 1.54) is 24.3 Å². The fourth-order valence-electron chi connectivity index (χ4n) is 2.58. The summed E-state index contributed by atoms with van der Waals surface area (Å²) in [6.45, 7) is 4.27. The average Bonchev–Trinajstić information content (AvgIpc) is 2.56. The van der Waals surface area contributed by atoms with Crippen LogP contribution in [-0.4, -0.2) is 36.9 Å². The molecule has 0 saturated carbocycles. The zero-order valence-corrected chi connectivity index (χ0v) is 15.3. The zero-order valence-electron chi connectivity index (χ0n) is 15.3. The van der Waals surface area contributed by atoms with Gasteiger partial charge >= 0.3 is 0 Å². The summed E-state index contributed by atoms with van der Waals surface area (Å²) in [6, 6.07) is 13.2. The lowest BCUT2D eigenvalue weighted by Crippen LogP contribution is -2.36. The first kappa shape index (κ1) is 19.6. The van der Waals surface area contributed by atoms with E-state index in [1.807, 2.05) is 24.3 Å². The van der Waals surface area contributed by atoms with Gasteiger partial charge in [-0.15, -0.1) is 0 Å². The number of hydrogen-bond donors (Lipinski definition) is 2. The molecule has 2 aromatic carbocycles. The van der Waals surface area contributed by atoms with E-state index in [9.17, 15) is 14.0 Å². The molecule has 0 aliphatic carbocycles. The van der Waals surface area contributed by atoms with Gasteiger partial charge in [-0.1, -0.05) is 32.0 Å².